The van der Waals surface area contributed by atoms with Crippen molar-refractivity contribution in [1.82, 2.24) is 0 Å². The van der Waals surface area contributed by atoms with E-state index in [2.05, 4.69) is 189 Å². The molecule has 3 heterocycles. The molecule has 2 aliphatic rings. The Morgan fingerprint density at radius 3 is 1.98 bits per heavy atom. The second-order valence-corrected chi connectivity index (χ2v) is 18.3. The molecule has 12 aromatic rings. The molecule has 3 aromatic heterocycles. The molecular weight excluding hydrogens is 795 g/mol. The van der Waals surface area contributed by atoms with Crippen molar-refractivity contribution in [2.75, 3.05) is 4.90 Å². The number of benzene rings is 9. The van der Waals surface area contributed by atoms with Crippen molar-refractivity contribution >= 4 is 94.5 Å². The van der Waals surface area contributed by atoms with Crippen LogP contribution in [0, 0.1) is 0 Å². The number of allylic oxidation sites excluding steroid dienone is 1. The quantitative estimate of drug-likeness (QED) is 0.173. The molecule has 2 aliphatic carbocycles. The zero-order valence-corrected chi connectivity index (χ0v) is 36.0. The minimum atomic E-state index is -0.156. The number of fused-ring (bicyclic) bond motifs is 13. The summed E-state index contributed by atoms with van der Waals surface area (Å²) in [6.07, 6.45) is 4.26. The lowest BCUT2D eigenvalue weighted by atomic mass is 9.82. The Morgan fingerprint density at radius 1 is 0.431 bits per heavy atom. The summed E-state index contributed by atoms with van der Waals surface area (Å²) in [6.45, 7) is 4.69. The van der Waals surface area contributed by atoms with Crippen molar-refractivity contribution in [3.63, 3.8) is 0 Å². The van der Waals surface area contributed by atoms with Gasteiger partial charge >= 0.3 is 0 Å². The van der Waals surface area contributed by atoms with Crippen molar-refractivity contribution < 1.29 is 13.3 Å². The summed E-state index contributed by atoms with van der Waals surface area (Å²) in [5.41, 5.74) is 20.8. The summed E-state index contributed by atoms with van der Waals surface area (Å²) < 4.78 is 20.3. The lowest BCUT2D eigenvalue weighted by molar-refractivity contribution is 0.660. The lowest BCUT2D eigenvalue weighted by Gasteiger charge is -2.28. The van der Waals surface area contributed by atoms with Gasteiger partial charge in [0.15, 0.2) is 0 Å². The summed E-state index contributed by atoms with van der Waals surface area (Å²) in [7, 11) is 0. The van der Waals surface area contributed by atoms with E-state index in [0.29, 0.717) is 0 Å². The molecule has 0 radical (unpaired) electrons. The highest BCUT2D eigenvalue weighted by Crippen LogP contribution is 2.52. The summed E-state index contributed by atoms with van der Waals surface area (Å²) in [6, 6.07) is 65.4. The van der Waals surface area contributed by atoms with Gasteiger partial charge in [-0.2, -0.15) is 0 Å². The van der Waals surface area contributed by atoms with Crippen LogP contribution in [0.25, 0.3) is 99.7 Å². The monoisotopic (exact) mass is 835 g/mol. The van der Waals surface area contributed by atoms with Gasteiger partial charge in [0, 0.05) is 72.0 Å². The highest BCUT2D eigenvalue weighted by molar-refractivity contribution is 6.22. The zero-order valence-electron chi connectivity index (χ0n) is 36.0. The Hall–Kier alpha value is -8.08. The van der Waals surface area contributed by atoms with Gasteiger partial charge in [-0.05, 0) is 112 Å². The maximum Gasteiger partial charge on any atom is 0.143 e. The van der Waals surface area contributed by atoms with E-state index in [1.807, 2.05) is 18.2 Å². The average molecular weight is 836 g/mol. The van der Waals surface area contributed by atoms with Crippen molar-refractivity contribution in [3.8, 4) is 22.3 Å². The van der Waals surface area contributed by atoms with Gasteiger partial charge in [-0.25, -0.2) is 0 Å². The number of anilines is 3. The fourth-order valence-electron chi connectivity index (χ4n) is 11.2. The third-order valence-corrected chi connectivity index (χ3v) is 14.4. The van der Waals surface area contributed by atoms with Crippen LogP contribution in [-0.2, 0) is 11.8 Å². The van der Waals surface area contributed by atoms with Crippen molar-refractivity contribution in [1.29, 1.82) is 0 Å². The molecule has 308 valence electrons. The first-order valence-corrected chi connectivity index (χ1v) is 22.6. The lowest BCUT2D eigenvalue weighted by Crippen LogP contribution is -2.16. The Kier molecular flexibility index (Phi) is 7.54. The number of hydrogen-bond acceptors (Lipinski definition) is 4. The molecule has 4 nitrogen and oxygen atoms in total. The average Bonchev–Trinajstić information content (AvgIpc) is 4.09. The van der Waals surface area contributed by atoms with E-state index in [1.54, 1.807) is 0 Å². The highest BCUT2D eigenvalue weighted by Gasteiger charge is 2.36. The number of para-hydroxylation sites is 3. The van der Waals surface area contributed by atoms with Crippen LogP contribution < -0.4 is 4.90 Å². The molecule has 65 heavy (non-hydrogen) atoms. The van der Waals surface area contributed by atoms with Crippen molar-refractivity contribution in [3.05, 3.63) is 210 Å². The number of aryl methyl sites for hydroxylation is 1. The van der Waals surface area contributed by atoms with Gasteiger partial charge in [0.1, 0.15) is 33.5 Å². The fourth-order valence-corrected chi connectivity index (χ4v) is 11.2. The molecule has 0 amide bonds. The molecule has 14 rings (SSSR count). The van der Waals surface area contributed by atoms with E-state index in [4.69, 9.17) is 13.3 Å². The van der Waals surface area contributed by atoms with Crippen LogP contribution in [0.15, 0.2) is 195 Å². The van der Waals surface area contributed by atoms with E-state index >= 15 is 0 Å². The second kappa shape index (κ2) is 13.5. The summed E-state index contributed by atoms with van der Waals surface area (Å²) >= 11 is 0. The van der Waals surface area contributed by atoms with E-state index < -0.39 is 0 Å². The topological polar surface area (TPSA) is 42.7 Å². The Balaban J connectivity index is 0.962. The third-order valence-electron chi connectivity index (χ3n) is 14.4. The minimum Gasteiger partial charge on any atom is -0.456 e. The second-order valence-electron chi connectivity index (χ2n) is 18.3. The predicted molar refractivity (Wildman–Crippen MR) is 269 cm³/mol. The van der Waals surface area contributed by atoms with Crippen molar-refractivity contribution in [2.45, 2.75) is 32.1 Å². The first-order chi connectivity index (χ1) is 32.0. The SMILES string of the molecule is CC1(C)c2ccccc2-c2ccc(N(c3ccc(-c4cccc5c4oc4ccccc45)cc3)c3ccc4c(c3)oc3c(C5=Cc6ccccc6CC5)c5c(cc34)oc3ccccc35)cc21. The standard InChI is InChI=1S/C61H41NO3/c1-61(2)51-19-8-5-14-44(51)45-30-28-41(33-52(45)61)62(40-26-24-37(25-27-40)43-17-11-18-48-46-15-6-9-20-53(46)64-59(43)48)42-29-31-47-50-35-56-58(49-16-7-10-21-54(49)63-56)57(60(50)65-55(47)34-42)39-23-22-36-12-3-4-13-38(36)32-39/h3-21,24-35H,22-23H2,1-2H3. The van der Waals surface area contributed by atoms with Gasteiger partial charge in [-0.15, -0.1) is 0 Å². The molecule has 0 atom stereocenters. The molecule has 0 saturated heterocycles. The number of furan rings is 3. The number of hydrogen-bond donors (Lipinski definition) is 0. The summed E-state index contributed by atoms with van der Waals surface area (Å²) in [5, 5.41) is 6.58. The van der Waals surface area contributed by atoms with Gasteiger partial charge in [-0.3, -0.25) is 0 Å². The Morgan fingerprint density at radius 2 is 1.09 bits per heavy atom. The predicted octanol–water partition coefficient (Wildman–Crippen LogP) is 17.3. The zero-order chi connectivity index (χ0) is 43.0. The van der Waals surface area contributed by atoms with Gasteiger partial charge in [-0.1, -0.05) is 141 Å². The van der Waals surface area contributed by atoms with E-state index in [-0.39, 0.29) is 5.41 Å². The molecule has 4 heteroatoms. The van der Waals surface area contributed by atoms with Crippen LogP contribution in [0.2, 0.25) is 0 Å². The van der Waals surface area contributed by atoms with Crippen LogP contribution in [0.3, 0.4) is 0 Å². The van der Waals surface area contributed by atoms with Gasteiger partial charge in [0.2, 0.25) is 0 Å². The molecule has 0 aliphatic heterocycles. The van der Waals surface area contributed by atoms with Gasteiger partial charge < -0.3 is 18.2 Å². The molecule has 0 bridgehead atoms. The molecule has 0 saturated carbocycles. The number of nitrogens with zero attached hydrogens (tertiary/aromatic N) is 1. The Bertz CT molecular complexity index is 3990. The van der Waals surface area contributed by atoms with E-state index in [1.165, 1.54) is 39.0 Å². The minimum absolute atomic E-state index is 0.156. The molecule has 0 spiro atoms. The van der Waals surface area contributed by atoms with E-state index in [0.717, 1.165) is 112 Å². The van der Waals surface area contributed by atoms with Gasteiger partial charge in [0.25, 0.3) is 0 Å². The molecule has 0 N–H and O–H groups in total. The summed E-state index contributed by atoms with van der Waals surface area (Å²) in [4.78, 5) is 2.37. The highest BCUT2D eigenvalue weighted by atomic mass is 16.3. The van der Waals surface area contributed by atoms with Crippen LogP contribution in [0.5, 0.6) is 0 Å². The molecule has 0 fully saturated rings. The molecular formula is C61H41NO3. The first kappa shape index (κ1) is 36.4. The third kappa shape index (κ3) is 5.31. The Labute approximate surface area is 375 Å². The maximum absolute atomic E-state index is 7.19. The molecule has 0 unspecified atom stereocenters. The van der Waals surface area contributed by atoms with Gasteiger partial charge in [0.05, 0.1) is 0 Å². The maximum atomic E-state index is 7.19. The fraction of sp³-hybridized carbons (Fsp3) is 0.0820. The normalized spacial score (nSPS) is 14.1. The van der Waals surface area contributed by atoms with Crippen LogP contribution in [0.4, 0.5) is 17.1 Å². The van der Waals surface area contributed by atoms with E-state index in [9.17, 15) is 0 Å². The van der Waals surface area contributed by atoms with Crippen LogP contribution in [0.1, 0.15) is 48.1 Å². The van der Waals surface area contributed by atoms with Crippen molar-refractivity contribution in [2.24, 2.45) is 0 Å². The smallest absolute Gasteiger partial charge is 0.143 e. The molecule has 9 aromatic carbocycles. The first-order valence-electron chi connectivity index (χ1n) is 22.6. The summed E-state index contributed by atoms with van der Waals surface area (Å²) in [5.74, 6) is 0. The van der Waals surface area contributed by atoms with Crippen LogP contribution in [-0.4, -0.2) is 0 Å². The number of rotatable bonds is 5. The van der Waals surface area contributed by atoms with Crippen LogP contribution >= 0.6 is 0 Å². The largest absolute Gasteiger partial charge is 0.456 e.